The van der Waals surface area contributed by atoms with Crippen LogP contribution in [0.2, 0.25) is 0 Å². The molecule has 0 saturated heterocycles. The first kappa shape index (κ1) is 12.8. The van der Waals surface area contributed by atoms with Gasteiger partial charge in [0.1, 0.15) is 0 Å². The maximum absolute atomic E-state index is 3.97. The lowest BCUT2D eigenvalue weighted by molar-refractivity contribution is 0.428. The van der Waals surface area contributed by atoms with E-state index in [-0.39, 0.29) is 0 Å². The zero-order valence-corrected chi connectivity index (χ0v) is 11.1. The molecule has 1 atom stereocenters. The number of hydrogen-bond donors (Lipinski definition) is 2. The number of benzene rings is 1. The Morgan fingerprint density at radius 1 is 1.22 bits per heavy atom. The first-order valence-corrected chi connectivity index (χ1v) is 6.51. The second-order valence-corrected chi connectivity index (χ2v) is 5.08. The Bertz CT molecular complexity index is 434. The molecule has 0 saturated carbocycles. The van der Waals surface area contributed by atoms with E-state index >= 15 is 0 Å². The van der Waals surface area contributed by atoms with Gasteiger partial charge in [0.2, 0.25) is 0 Å². The lowest BCUT2D eigenvalue weighted by atomic mass is 9.97. The topological polar surface area (TPSA) is 40.7 Å². The van der Waals surface area contributed by atoms with Crippen LogP contribution in [0.5, 0.6) is 0 Å². The summed E-state index contributed by atoms with van der Waals surface area (Å²) in [4.78, 5) is 0. The summed E-state index contributed by atoms with van der Waals surface area (Å²) in [6.45, 7) is 5.37. The van der Waals surface area contributed by atoms with E-state index in [1.807, 2.05) is 12.4 Å². The highest BCUT2D eigenvalue weighted by Gasteiger charge is 2.12. The van der Waals surface area contributed by atoms with E-state index in [1.165, 1.54) is 11.1 Å². The maximum Gasteiger partial charge on any atom is 0.0532 e. The summed E-state index contributed by atoms with van der Waals surface area (Å²) >= 11 is 0. The number of aromatic amines is 1. The highest BCUT2D eigenvalue weighted by atomic mass is 15.1. The van der Waals surface area contributed by atoms with Crippen molar-refractivity contribution in [3.8, 4) is 0 Å². The third-order valence-corrected chi connectivity index (χ3v) is 3.02. The molecule has 1 aromatic heterocycles. The van der Waals surface area contributed by atoms with E-state index in [4.69, 9.17) is 0 Å². The minimum absolute atomic E-state index is 0.404. The number of hydrogen-bond acceptors (Lipinski definition) is 2. The minimum Gasteiger partial charge on any atom is -0.306 e. The SMILES string of the molecule is CC(C)CC(NCc1cn[nH]c1)c1ccccc1. The molecule has 0 spiro atoms. The first-order chi connectivity index (χ1) is 8.75. The summed E-state index contributed by atoms with van der Waals surface area (Å²) < 4.78 is 0. The van der Waals surface area contributed by atoms with Crippen molar-refractivity contribution >= 4 is 0 Å². The van der Waals surface area contributed by atoms with E-state index < -0.39 is 0 Å². The zero-order valence-electron chi connectivity index (χ0n) is 11.1. The second-order valence-electron chi connectivity index (χ2n) is 5.08. The van der Waals surface area contributed by atoms with Crippen LogP contribution in [0.1, 0.15) is 37.4 Å². The summed E-state index contributed by atoms with van der Waals surface area (Å²) in [5.41, 5.74) is 2.55. The predicted molar refractivity (Wildman–Crippen MR) is 74.1 cm³/mol. The molecular formula is C15H21N3. The van der Waals surface area contributed by atoms with Gasteiger partial charge in [-0.05, 0) is 17.9 Å². The third-order valence-electron chi connectivity index (χ3n) is 3.02. The van der Waals surface area contributed by atoms with Crippen molar-refractivity contribution in [3.63, 3.8) is 0 Å². The predicted octanol–water partition coefficient (Wildman–Crippen LogP) is 3.29. The van der Waals surface area contributed by atoms with Crippen LogP contribution in [-0.4, -0.2) is 10.2 Å². The van der Waals surface area contributed by atoms with E-state index in [1.54, 1.807) is 0 Å². The number of nitrogens with zero attached hydrogens (tertiary/aromatic N) is 1. The van der Waals surface area contributed by atoms with Crippen molar-refractivity contribution in [1.82, 2.24) is 15.5 Å². The Hall–Kier alpha value is -1.61. The summed E-state index contributed by atoms with van der Waals surface area (Å²) in [5.74, 6) is 0.673. The van der Waals surface area contributed by atoms with Crippen LogP contribution in [0.3, 0.4) is 0 Å². The van der Waals surface area contributed by atoms with Gasteiger partial charge in [-0.2, -0.15) is 5.10 Å². The third kappa shape index (κ3) is 3.70. The summed E-state index contributed by atoms with van der Waals surface area (Å²) in [6, 6.07) is 11.0. The average Bonchev–Trinajstić information content (AvgIpc) is 2.88. The van der Waals surface area contributed by atoms with Crippen molar-refractivity contribution in [2.45, 2.75) is 32.9 Å². The number of nitrogens with one attached hydrogen (secondary N) is 2. The van der Waals surface area contributed by atoms with Crippen LogP contribution < -0.4 is 5.32 Å². The Balaban J connectivity index is 2.01. The molecule has 1 aromatic carbocycles. The standard InChI is InChI=1S/C15H21N3/c1-12(2)8-15(14-6-4-3-5-7-14)16-9-13-10-17-18-11-13/h3-7,10-12,15-16H,8-9H2,1-2H3,(H,17,18). The van der Waals surface area contributed by atoms with Gasteiger partial charge in [-0.1, -0.05) is 44.2 Å². The normalized spacial score (nSPS) is 12.8. The summed E-state index contributed by atoms with van der Waals surface area (Å²) in [6.07, 6.45) is 4.94. The molecule has 0 aliphatic heterocycles. The van der Waals surface area contributed by atoms with Gasteiger partial charge in [-0.25, -0.2) is 0 Å². The molecule has 2 N–H and O–H groups in total. The van der Waals surface area contributed by atoms with Gasteiger partial charge in [-0.15, -0.1) is 0 Å². The Morgan fingerprint density at radius 3 is 2.61 bits per heavy atom. The van der Waals surface area contributed by atoms with Crippen LogP contribution >= 0.6 is 0 Å². The largest absolute Gasteiger partial charge is 0.306 e. The van der Waals surface area contributed by atoms with Crippen molar-refractivity contribution in [2.75, 3.05) is 0 Å². The quantitative estimate of drug-likeness (QED) is 0.817. The molecule has 1 heterocycles. The Labute approximate surface area is 109 Å². The monoisotopic (exact) mass is 243 g/mol. The van der Waals surface area contributed by atoms with E-state index in [0.717, 1.165) is 13.0 Å². The molecule has 0 fully saturated rings. The van der Waals surface area contributed by atoms with Crippen molar-refractivity contribution in [2.24, 2.45) is 5.92 Å². The van der Waals surface area contributed by atoms with Gasteiger partial charge in [0.15, 0.2) is 0 Å². The molecule has 3 nitrogen and oxygen atoms in total. The molecular weight excluding hydrogens is 222 g/mol. The summed E-state index contributed by atoms with van der Waals surface area (Å²) in [5, 5.41) is 10.4. The average molecular weight is 243 g/mol. The zero-order chi connectivity index (χ0) is 12.8. The van der Waals surface area contributed by atoms with Gasteiger partial charge in [-0.3, -0.25) is 5.10 Å². The highest BCUT2D eigenvalue weighted by molar-refractivity contribution is 5.19. The number of rotatable bonds is 6. The minimum atomic E-state index is 0.404. The number of H-pyrrole nitrogens is 1. The van der Waals surface area contributed by atoms with Crippen LogP contribution in [-0.2, 0) is 6.54 Å². The fraction of sp³-hybridized carbons (Fsp3) is 0.400. The Morgan fingerprint density at radius 2 is 2.00 bits per heavy atom. The van der Waals surface area contributed by atoms with Crippen LogP contribution in [0.4, 0.5) is 0 Å². The molecule has 0 aliphatic carbocycles. The van der Waals surface area contributed by atoms with Gasteiger partial charge < -0.3 is 5.32 Å². The molecule has 0 amide bonds. The maximum atomic E-state index is 3.97. The lowest BCUT2D eigenvalue weighted by Crippen LogP contribution is -2.22. The lowest BCUT2D eigenvalue weighted by Gasteiger charge is -2.21. The van der Waals surface area contributed by atoms with Crippen molar-refractivity contribution < 1.29 is 0 Å². The molecule has 18 heavy (non-hydrogen) atoms. The van der Waals surface area contributed by atoms with E-state index in [2.05, 4.69) is 59.7 Å². The van der Waals surface area contributed by atoms with E-state index in [0.29, 0.717) is 12.0 Å². The van der Waals surface area contributed by atoms with Gasteiger partial charge in [0.05, 0.1) is 6.20 Å². The van der Waals surface area contributed by atoms with Crippen LogP contribution in [0, 0.1) is 5.92 Å². The fourth-order valence-corrected chi connectivity index (χ4v) is 2.11. The second kappa shape index (κ2) is 6.36. The molecule has 2 aromatic rings. The highest BCUT2D eigenvalue weighted by Crippen LogP contribution is 2.21. The Kier molecular flexibility index (Phi) is 4.53. The molecule has 0 aliphatic rings. The van der Waals surface area contributed by atoms with Gasteiger partial charge >= 0.3 is 0 Å². The molecule has 0 radical (unpaired) electrons. The van der Waals surface area contributed by atoms with Crippen LogP contribution in [0.25, 0.3) is 0 Å². The van der Waals surface area contributed by atoms with Crippen molar-refractivity contribution in [3.05, 3.63) is 53.9 Å². The van der Waals surface area contributed by atoms with Crippen LogP contribution in [0.15, 0.2) is 42.7 Å². The van der Waals surface area contributed by atoms with Crippen molar-refractivity contribution in [1.29, 1.82) is 0 Å². The van der Waals surface area contributed by atoms with Gasteiger partial charge in [0.25, 0.3) is 0 Å². The summed E-state index contributed by atoms with van der Waals surface area (Å²) in [7, 11) is 0. The molecule has 0 bridgehead atoms. The first-order valence-electron chi connectivity index (χ1n) is 6.51. The fourth-order valence-electron chi connectivity index (χ4n) is 2.11. The number of aromatic nitrogens is 2. The molecule has 1 unspecified atom stereocenters. The smallest absolute Gasteiger partial charge is 0.0532 e. The molecule has 96 valence electrons. The molecule has 3 heteroatoms. The van der Waals surface area contributed by atoms with E-state index in [9.17, 15) is 0 Å². The molecule has 2 rings (SSSR count). The van der Waals surface area contributed by atoms with Gasteiger partial charge in [0, 0.05) is 24.3 Å².